The van der Waals surface area contributed by atoms with Gasteiger partial charge < -0.3 is 15.2 Å². The van der Waals surface area contributed by atoms with Gasteiger partial charge in [0.2, 0.25) is 5.82 Å². The maximum atomic E-state index is 11.0. The van der Waals surface area contributed by atoms with Gasteiger partial charge in [0.15, 0.2) is 0 Å². The van der Waals surface area contributed by atoms with E-state index >= 15 is 0 Å². The number of rotatable bonds is 7. The summed E-state index contributed by atoms with van der Waals surface area (Å²) in [6, 6.07) is -0.0459. The molecule has 1 rings (SSSR count). The molecule has 0 radical (unpaired) electrons. The number of nitrogens with one attached hydrogen (secondary N) is 1. The van der Waals surface area contributed by atoms with Crippen LogP contribution >= 0.6 is 0 Å². The van der Waals surface area contributed by atoms with Crippen molar-refractivity contribution in [1.82, 2.24) is 9.97 Å². The first-order valence-corrected chi connectivity index (χ1v) is 5.51. The Bertz CT molecular complexity index is 413. The van der Waals surface area contributed by atoms with E-state index in [1.807, 2.05) is 6.92 Å². The van der Waals surface area contributed by atoms with Gasteiger partial charge in [-0.15, -0.1) is 0 Å². The zero-order valence-corrected chi connectivity index (χ0v) is 10.3. The monoisotopic (exact) mass is 256 g/mol. The van der Waals surface area contributed by atoms with Crippen LogP contribution in [0.3, 0.4) is 0 Å². The Hall–Kier alpha value is -1.96. The molecule has 2 N–H and O–H groups in total. The van der Waals surface area contributed by atoms with Crippen molar-refractivity contribution in [2.24, 2.45) is 0 Å². The molecule has 0 saturated heterocycles. The third-order valence-electron chi connectivity index (χ3n) is 2.34. The molecule has 0 spiro atoms. The fourth-order valence-corrected chi connectivity index (χ4v) is 1.49. The molecule has 1 unspecified atom stereocenters. The van der Waals surface area contributed by atoms with Gasteiger partial charge in [0, 0.05) is 12.6 Å². The minimum atomic E-state index is -0.583. The molecule has 100 valence electrons. The quantitative estimate of drug-likeness (QED) is 0.552. The highest BCUT2D eigenvalue weighted by Gasteiger charge is 2.24. The minimum Gasteiger partial charge on any atom is -0.476 e. The van der Waals surface area contributed by atoms with Crippen LogP contribution in [0.15, 0.2) is 6.33 Å². The largest absolute Gasteiger partial charge is 0.476 e. The molecule has 0 aromatic carbocycles. The molecule has 0 aliphatic heterocycles. The molecule has 18 heavy (non-hydrogen) atoms. The van der Waals surface area contributed by atoms with Crippen LogP contribution in [0.5, 0.6) is 5.88 Å². The second-order valence-electron chi connectivity index (χ2n) is 3.75. The van der Waals surface area contributed by atoms with Crippen molar-refractivity contribution in [3.8, 4) is 5.88 Å². The number of nitrogens with zero attached hydrogens (tertiary/aromatic N) is 3. The summed E-state index contributed by atoms with van der Waals surface area (Å²) in [6.07, 6.45) is 2.50. The summed E-state index contributed by atoms with van der Waals surface area (Å²) in [5, 5.41) is 22.6. The molecular formula is C10H16N4O4. The fourth-order valence-electron chi connectivity index (χ4n) is 1.49. The molecule has 1 heterocycles. The van der Waals surface area contributed by atoms with Crippen molar-refractivity contribution in [1.29, 1.82) is 0 Å². The second-order valence-corrected chi connectivity index (χ2v) is 3.75. The van der Waals surface area contributed by atoms with Gasteiger partial charge in [0.1, 0.15) is 6.33 Å². The van der Waals surface area contributed by atoms with E-state index < -0.39 is 4.92 Å². The van der Waals surface area contributed by atoms with E-state index in [9.17, 15) is 10.1 Å². The third kappa shape index (κ3) is 3.52. The summed E-state index contributed by atoms with van der Waals surface area (Å²) in [4.78, 5) is 17.9. The van der Waals surface area contributed by atoms with Gasteiger partial charge in [-0.05, 0) is 19.8 Å². The SMILES string of the molecule is COc1ncnc(NC(C)CCCO)c1[N+](=O)[O-]. The van der Waals surface area contributed by atoms with Crippen molar-refractivity contribution in [2.75, 3.05) is 19.0 Å². The van der Waals surface area contributed by atoms with Gasteiger partial charge in [-0.1, -0.05) is 0 Å². The lowest BCUT2D eigenvalue weighted by Gasteiger charge is -2.14. The molecule has 0 amide bonds. The van der Waals surface area contributed by atoms with Gasteiger partial charge in [-0.25, -0.2) is 4.98 Å². The molecule has 8 heteroatoms. The summed E-state index contributed by atoms with van der Waals surface area (Å²) in [5.74, 6) is 0.0455. The maximum Gasteiger partial charge on any atom is 0.372 e. The van der Waals surface area contributed by atoms with Gasteiger partial charge in [0.05, 0.1) is 12.0 Å². The van der Waals surface area contributed by atoms with Crippen molar-refractivity contribution >= 4 is 11.5 Å². The smallest absolute Gasteiger partial charge is 0.372 e. The number of ether oxygens (including phenoxy) is 1. The zero-order valence-electron chi connectivity index (χ0n) is 10.3. The lowest BCUT2D eigenvalue weighted by atomic mass is 10.2. The Balaban J connectivity index is 2.90. The van der Waals surface area contributed by atoms with Gasteiger partial charge in [0.25, 0.3) is 5.88 Å². The Morgan fingerprint density at radius 2 is 2.33 bits per heavy atom. The summed E-state index contributed by atoms with van der Waals surface area (Å²) < 4.78 is 4.84. The number of nitro groups is 1. The summed E-state index contributed by atoms with van der Waals surface area (Å²) >= 11 is 0. The number of aliphatic hydroxyl groups is 1. The highest BCUT2D eigenvalue weighted by atomic mass is 16.6. The van der Waals surface area contributed by atoms with E-state index in [4.69, 9.17) is 9.84 Å². The van der Waals surface area contributed by atoms with Crippen LogP contribution in [0.1, 0.15) is 19.8 Å². The summed E-state index contributed by atoms with van der Waals surface area (Å²) in [6.45, 7) is 1.94. The Kier molecular flexibility index (Phi) is 5.25. The number of aromatic nitrogens is 2. The molecule has 1 aromatic rings. The predicted molar refractivity (Wildman–Crippen MR) is 64.6 cm³/mol. The zero-order chi connectivity index (χ0) is 13.5. The third-order valence-corrected chi connectivity index (χ3v) is 2.34. The van der Waals surface area contributed by atoms with Gasteiger partial charge >= 0.3 is 5.69 Å². The molecule has 0 bridgehead atoms. The van der Waals surface area contributed by atoms with Gasteiger partial charge in [-0.3, -0.25) is 10.1 Å². The van der Waals surface area contributed by atoms with Crippen LogP contribution < -0.4 is 10.1 Å². The molecule has 0 aliphatic carbocycles. The van der Waals surface area contributed by atoms with Crippen molar-refractivity contribution in [2.45, 2.75) is 25.8 Å². The average molecular weight is 256 g/mol. The van der Waals surface area contributed by atoms with E-state index in [-0.39, 0.29) is 30.0 Å². The normalized spacial score (nSPS) is 11.9. The van der Waals surface area contributed by atoms with Crippen LogP contribution in [0.25, 0.3) is 0 Å². The van der Waals surface area contributed by atoms with Crippen molar-refractivity contribution < 1.29 is 14.8 Å². The predicted octanol–water partition coefficient (Wildman–Crippen LogP) is 0.966. The molecule has 0 saturated carbocycles. The first-order chi connectivity index (χ1) is 8.60. The standard InChI is InChI=1S/C10H16N4O4/c1-7(4-3-5-15)13-9-8(14(16)17)10(18-2)12-6-11-9/h6-7,15H,3-5H2,1-2H3,(H,11,12,13). The molecule has 8 nitrogen and oxygen atoms in total. The molecule has 0 aliphatic rings. The first-order valence-electron chi connectivity index (χ1n) is 5.51. The highest BCUT2D eigenvalue weighted by molar-refractivity contribution is 5.61. The number of aliphatic hydroxyl groups excluding tert-OH is 1. The van der Waals surface area contributed by atoms with Crippen molar-refractivity contribution in [3.63, 3.8) is 0 Å². The van der Waals surface area contributed by atoms with E-state index in [1.54, 1.807) is 0 Å². The highest BCUT2D eigenvalue weighted by Crippen LogP contribution is 2.30. The first kappa shape index (κ1) is 14.1. The van der Waals surface area contributed by atoms with Crippen LogP contribution in [-0.4, -0.2) is 39.8 Å². The van der Waals surface area contributed by atoms with E-state index in [0.717, 1.165) is 0 Å². The molecule has 1 atom stereocenters. The lowest BCUT2D eigenvalue weighted by Crippen LogP contribution is -2.18. The second kappa shape index (κ2) is 6.70. The van der Waals surface area contributed by atoms with Crippen LogP contribution in [0, 0.1) is 10.1 Å². The Morgan fingerprint density at radius 1 is 1.61 bits per heavy atom. The van der Waals surface area contributed by atoms with Crippen LogP contribution in [-0.2, 0) is 0 Å². The van der Waals surface area contributed by atoms with Gasteiger partial charge in [-0.2, -0.15) is 4.98 Å². The van der Waals surface area contributed by atoms with E-state index in [2.05, 4.69) is 15.3 Å². The summed E-state index contributed by atoms with van der Waals surface area (Å²) in [7, 11) is 1.31. The maximum absolute atomic E-state index is 11.0. The lowest BCUT2D eigenvalue weighted by molar-refractivity contribution is -0.385. The Morgan fingerprint density at radius 3 is 2.89 bits per heavy atom. The van der Waals surface area contributed by atoms with Crippen molar-refractivity contribution in [3.05, 3.63) is 16.4 Å². The van der Waals surface area contributed by atoms with Crippen LogP contribution in [0.2, 0.25) is 0 Å². The Labute approximate surface area is 104 Å². The topological polar surface area (TPSA) is 110 Å². The number of anilines is 1. The fraction of sp³-hybridized carbons (Fsp3) is 0.600. The number of methoxy groups -OCH3 is 1. The van der Waals surface area contributed by atoms with Crippen LogP contribution in [0.4, 0.5) is 11.5 Å². The molecule has 0 fully saturated rings. The molecular weight excluding hydrogens is 240 g/mol. The van der Waals surface area contributed by atoms with E-state index in [0.29, 0.717) is 12.8 Å². The summed E-state index contributed by atoms with van der Waals surface area (Å²) in [5.41, 5.74) is -0.282. The average Bonchev–Trinajstić information content (AvgIpc) is 2.35. The molecule has 1 aromatic heterocycles. The number of hydrogen-bond acceptors (Lipinski definition) is 7. The van der Waals surface area contributed by atoms with E-state index in [1.165, 1.54) is 13.4 Å². The number of hydrogen-bond donors (Lipinski definition) is 2. The minimum absolute atomic E-state index is 0.0459.